The second-order valence-electron chi connectivity index (χ2n) is 5.35. The molecule has 0 N–H and O–H groups in total. The number of carbonyl (C=O) groups excluding carboxylic acids is 2. The molecule has 1 atom stereocenters. The Hall–Kier alpha value is -1.98. The fourth-order valence-electron chi connectivity index (χ4n) is 2.96. The lowest BCUT2D eigenvalue weighted by atomic mass is 10.2. The number of carbonyl (C=O) groups is 2. The molecule has 0 bridgehead atoms. The van der Waals surface area contributed by atoms with E-state index in [-0.39, 0.29) is 17.9 Å². The Morgan fingerprint density at radius 2 is 2.20 bits per heavy atom. The van der Waals surface area contributed by atoms with Gasteiger partial charge in [0, 0.05) is 25.7 Å². The maximum Gasteiger partial charge on any atom is 0.245 e. The van der Waals surface area contributed by atoms with Crippen LogP contribution >= 0.6 is 0 Å². The number of fused-ring (bicyclic) bond motifs is 1. The van der Waals surface area contributed by atoms with Gasteiger partial charge in [-0.05, 0) is 25.8 Å². The van der Waals surface area contributed by atoms with Gasteiger partial charge in [0.2, 0.25) is 11.8 Å². The molecule has 1 aromatic rings. The Balaban J connectivity index is 1.79. The summed E-state index contributed by atoms with van der Waals surface area (Å²) in [6.07, 6.45) is 3.81. The van der Waals surface area contributed by atoms with E-state index in [2.05, 4.69) is 9.97 Å². The molecular weight excluding hydrogens is 256 g/mol. The predicted molar refractivity (Wildman–Crippen MR) is 71.5 cm³/mol. The van der Waals surface area contributed by atoms with Gasteiger partial charge in [-0.15, -0.1) is 0 Å². The van der Waals surface area contributed by atoms with E-state index in [1.807, 2.05) is 13.0 Å². The van der Waals surface area contributed by atoms with Crippen molar-refractivity contribution in [3.8, 4) is 0 Å². The van der Waals surface area contributed by atoms with E-state index in [9.17, 15) is 9.59 Å². The van der Waals surface area contributed by atoms with Gasteiger partial charge in [-0.25, -0.2) is 9.97 Å². The van der Waals surface area contributed by atoms with Crippen LogP contribution in [0, 0.1) is 6.92 Å². The van der Waals surface area contributed by atoms with Crippen LogP contribution in [0.15, 0.2) is 12.3 Å². The van der Waals surface area contributed by atoms with Crippen molar-refractivity contribution in [2.24, 2.45) is 0 Å². The lowest BCUT2D eigenvalue weighted by molar-refractivity contribution is -0.139. The van der Waals surface area contributed by atoms with E-state index in [1.54, 1.807) is 16.0 Å². The molecule has 2 saturated heterocycles. The number of nitrogens with zero attached hydrogens (tertiary/aromatic N) is 4. The van der Waals surface area contributed by atoms with Gasteiger partial charge in [0.1, 0.15) is 11.9 Å². The van der Waals surface area contributed by atoms with Crippen LogP contribution in [0.1, 0.15) is 30.8 Å². The van der Waals surface area contributed by atoms with Crippen LogP contribution in [-0.2, 0) is 16.1 Å². The number of amides is 2. The molecule has 1 unspecified atom stereocenters. The SMILES string of the molecule is Cc1nccc(CN2CCC(=O)N3CCCC3C2=O)n1. The minimum atomic E-state index is -0.257. The van der Waals surface area contributed by atoms with Crippen LogP contribution in [0.5, 0.6) is 0 Å². The molecule has 6 nitrogen and oxygen atoms in total. The summed E-state index contributed by atoms with van der Waals surface area (Å²) in [4.78, 5) is 36.5. The third-order valence-electron chi connectivity index (χ3n) is 3.95. The lowest BCUT2D eigenvalue weighted by Gasteiger charge is -2.24. The molecule has 1 aromatic heterocycles. The van der Waals surface area contributed by atoms with E-state index in [0.717, 1.165) is 25.1 Å². The second kappa shape index (κ2) is 5.19. The molecule has 0 spiro atoms. The fraction of sp³-hybridized carbons (Fsp3) is 0.571. The maximum atomic E-state index is 12.6. The molecule has 0 radical (unpaired) electrons. The highest BCUT2D eigenvalue weighted by molar-refractivity contribution is 5.90. The lowest BCUT2D eigenvalue weighted by Crippen LogP contribution is -2.43. The minimum Gasteiger partial charge on any atom is -0.334 e. The number of rotatable bonds is 2. The van der Waals surface area contributed by atoms with E-state index in [4.69, 9.17) is 0 Å². The van der Waals surface area contributed by atoms with E-state index >= 15 is 0 Å². The van der Waals surface area contributed by atoms with Crippen molar-refractivity contribution in [3.05, 3.63) is 23.8 Å². The monoisotopic (exact) mass is 274 g/mol. The van der Waals surface area contributed by atoms with Crippen molar-refractivity contribution < 1.29 is 9.59 Å². The summed E-state index contributed by atoms with van der Waals surface area (Å²) in [7, 11) is 0. The predicted octanol–water partition coefficient (Wildman–Crippen LogP) is 0.508. The summed E-state index contributed by atoms with van der Waals surface area (Å²) >= 11 is 0. The Morgan fingerprint density at radius 1 is 1.35 bits per heavy atom. The number of aromatic nitrogens is 2. The smallest absolute Gasteiger partial charge is 0.245 e. The zero-order chi connectivity index (χ0) is 14.1. The first-order valence-electron chi connectivity index (χ1n) is 7.02. The first kappa shape index (κ1) is 13.0. The summed E-state index contributed by atoms with van der Waals surface area (Å²) in [5.41, 5.74) is 0.824. The molecule has 0 aromatic carbocycles. The maximum absolute atomic E-state index is 12.6. The van der Waals surface area contributed by atoms with Crippen molar-refractivity contribution in [2.75, 3.05) is 13.1 Å². The van der Waals surface area contributed by atoms with Crippen molar-refractivity contribution in [2.45, 2.75) is 38.8 Å². The molecule has 0 aliphatic carbocycles. The van der Waals surface area contributed by atoms with Gasteiger partial charge >= 0.3 is 0 Å². The quantitative estimate of drug-likeness (QED) is 0.788. The number of hydrogen-bond acceptors (Lipinski definition) is 4. The standard InChI is InChI=1S/C14H18N4O2/c1-10-15-6-4-11(16-10)9-17-8-5-13(19)18-7-2-3-12(18)14(17)20/h4,6,12H,2-3,5,7-9H2,1H3. The first-order chi connectivity index (χ1) is 9.65. The van der Waals surface area contributed by atoms with E-state index in [0.29, 0.717) is 25.3 Å². The molecule has 106 valence electrons. The van der Waals surface area contributed by atoms with Crippen molar-refractivity contribution in [1.29, 1.82) is 0 Å². The van der Waals surface area contributed by atoms with Crippen LogP contribution in [-0.4, -0.2) is 50.7 Å². The van der Waals surface area contributed by atoms with Gasteiger partial charge in [-0.2, -0.15) is 0 Å². The topological polar surface area (TPSA) is 66.4 Å². The molecule has 3 heterocycles. The highest BCUT2D eigenvalue weighted by Gasteiger charge is 2.39. The average molecular weight is 274 g/mol. The van der Waals surface area contributed by atoms with Crippen molar-refractivity contribution >= 4 is 11.8 Å². The summed E-state index contributed by atoms with van der Waals surface area (Å²) in [6, 6.07) is 1.56. The van der Waals surface area contributed by atoms with Gasteiger partial charge < -0.3 is 9.80 Å². The molecular formula is C14H18N4O2. The Bertz CT molecular complexity index is 546. The van der Waals surface area contributed by atoms with Crippen molar-refractivity contribution in [3.63, 3.8) is 0 Å². The summed E-state index contributed by atoms with van der Waals surface area (Å²) < 4.78 is 0. The Morgan fingerprint density at radius 3 is 3.00 bits per heavy atom. The summed E-state index contributed by atoms with van der Waals surface area (Å²) in [5.74, 6) is 0.857. The summed E-state index contributed by atoms with van der Waals surface area (Å²) in [5, 5.41) is 0. The zero-order valence-electron chi connectivity index (χ0n) is 11.6. The molecule has 2 aliphatic rings. The average Bonchev–Trinajstić information content (AvgIpc) is 2.88. The van der Waals surface area contributed by atoms with Gasteiger partial charge in [0.25, 0.3) is 0 Å². The first-order valence-corrected chi connectivity index (χ1v) is 7.02. The molecule has 0 saturated carbocycles. The normalized spacial score (nSPS) is 22.9. The van der Waals surface area contributed by atoms with Gasteiger partial charge in [0.05, 0.1) is 12.2 Å². The van der Waals surface area contributed by atoms with E-state index in [1.165, 1.54) is 0 Å². The molecule has 2 fully saturated rings. The molecule has 2 aliphatic heterocycles. The van der Waals surface area contributed by atoms with Crippen LogP contribution in [0.3, 0.4) is 0 Å². The number of hydrogen-bond donors (Lipinski definition) is 0. The Labute approximate surface area is 117 Å². The van der Waals surface area contributed by atoms with Gasteiger partial charge in [0.15, 0.2) is 0 Å². The minimum absolute atomic E-state index is 0.0598. The Kier molecular flexibility index (Phi) is 3.38. The third kappa shape index (κ3) is 2.37. The summed E-state index contributed by atoms with van der Waals surface area (Å²) in [6.45, 7) is 3.49. The van der Waals surface area contributed by atoms with Crippen LogP contribution in [0.4, 0.5) is 0 Å². The van der Waals surface area contributed by atoms with Crippen LogP contribution < -0.4 is 0 Å². The third-order valence-corrected chi connectivity index (χ3v) is 3.95. The van der Waals surface area contributed by atoms with Crippen molar-refractivity contribution in [1.82, 2.24) is 19.8 Å². The second-order valence-corrected chi connectivity index (χ2v) is 5.35. The van der Waals surface area contributed by atoms with Gasteiger partial charge in [-0.1, -0.05) is 0 Å². The van der Waals surface area contributed by atoms with Gasteiger partial charge in [-0.3, -0.25) is 9.59 Å². The fourth-order valence-corrected chi connectivity index (χ4v) is 2.96. The van der Waals surface area contributed by atoms with E-state index < -0.39 is 0 Å². The highest BCUT2D eigenvalue weighted by atomic mass is 16.2. The molecule has 6 heteroatoms. The van der Waals surface area contributed by atoms with Crippen LogP contribution in [0.25, 0.3) is 0 Å². The highest BCUT2D eigenvalue weighted by Crippen LogP contribution is 2.24. The van der Waals surface area contributed by atoms with Crippen LogP contribution in [0.2, 0.25) is 0 Å². The zero-order valence-corrected chi connectivity index (χ0v) is 11.6. The number of aryl methyl sites for hydroxylation is 1. The molecule has 2 amide bonds. The molecule has 20 heavy (non-hydrogen) atoms. The molecule has 3 rings (SSSR count). The largest absolute Gasteiger partial charge is 0.334 e.